The van der Waals surface area contributed by atoms with E-state index in [1.54, 1.807) is 0 Å². The van der Waals surface area contributed by atoms with Crippen LogP contribution in [0.15, 0.2) is 72.9 Å². The highest BCUT2D eigenvalue weighted by molar-refractivity contribution is 5.71. The molecule has 31 heavy (non-hydrogen) atoms. The Morgan fingerprint density at radius 1 is 0.968 bits per heavy atom. The van der Waals surface area contributed by atoms with E-state index in [4.69, 9.17) is 4.74 Å². The van der Waals surface area contributed by atoms with E-state index in [-0.39, 0.29) is 18.6 Å². The highest BCUT2D eigenvalue weighted by Crippen LogP contribution is 2.17. The van der Waals surface area contributed by atoms with Gasteiger partial charge in [0.15, 0.2) is 0 Å². The zero-order valence-corrected chi connectivity index (χ0v) is 19.1. The van der Waals surface area contributed by atoms with Crippen LogP contribution in [0.25, 0.3) is 0 Å². The number of nitrogens with zero attached hydrogens (tertiary/aromatic N) is 2. The first-order valence-electron chi connectivity index (χ1n) is 11.1. The number of carbonyl (C=O) groups is 1. The maximum Gasteiger partial charge on any atom is 0.320 e. The summed E-state index contributed by atoms with van der Waals surface area (Å²) in [6, 6.07) is 22.9. The Bertz CT molecular complexity index is 962. The molecule has 0 aliphatic heterocycles. The Labute approximate surface area is 186 Å². The predicted molar refractivity (Wildman–Crippen MR) is 126 cm³/mol. The van der Waals surface area contributed by atoms with E-state index in [9.17, 15) is 4.79 Å². The van der Waals surface area contributed by atoms with Crippen molar-refractivity contribution in [2.24, 2.45) is 5.92 Å². The lowest BCUT2D eigenvalue weighted by atomic mass is 10.0. The number of hydrogen-bond acceptors (Lipinski definition) is 3. The van der Waals surface area contributed by atoms with Gasteiger partial charge in [-0.2, -0.15) is 0 Å². The van der Waals surface area contributed by atoms with Crippen LogP contribution in [0.1, 0.15) is 43.2 Å². The Kier molecular flexibility index (Phi) is 8.07. The van der Waals surface area contributed by atoms with Gasteiger partial charge in [-0.05, 0) is 43.0 Å². The Hall–Kier alpha value is -2.85. The first-order valence-corrected chi connectivity index (χ1v) is 11.1. The van der Waals surface area contributed by atoms with Crippen LogP contribution >= 0.6 is 0 Å². The number of hydrogen-bond donors (Lipinski definition) is 0. The standard InChI is InChI=1S/C27H34N2O2/c1-21(2)23(4)29(19-27(30)31-20-24-11-6-5-7-12-24)18-26-14-9-15-28(26)17-25-13-8-10-22(3)16-25/h5-16,21,23H,17-20H2,1-4H3. The van der Waals surface area contributed by atoms with Gasteiger partial charge >= 0.3 is 5.97 Å². The quantitative estimate of drug-likeness (QED) is 0.412. The van der Waals surface area contributed by atoms with Gasteiger partial charge in [-0.1, -0.05) is 74.0 Å². The van der Waals surface area contributed by atoms with Gasteiger partial charge in [0, 0.05) is 31.0 Å². The van der Waals surface area contributed by atoms with E-state index in [1.165, 1.54) is 16.8 Å². The highest BCUT2D eigenvalue weighted by atomic mass is 16.5. The Morgan fingerprint density at radius 2 is 1.71 bits per heavy atom. The van der Waals surface area contributed by atoms with Crippen LogP contribution in [0.4, 0.5) is 0 Å². The van der Waals surface area contributed by atoms with Gasteiger partial charge < -0.3 is 9.30 Å². The van der Waals surface area contributed by atoms with Crippen molar-refractivity contribution in [3.63, 3.8) is 0 Å². The molecule has 164 valence electrons. The van der Waals surface area contributed by atoms with Crippen molar-refractivity contribution < 1.29 is 9.53 Å². The zero-order chi connectivity index (χ0) is 22.2. The second-order valence-corrected chi connectivity index (χ2v) is 8.65. The molecule has 1 atom stereocenters. The Balaban J connectivity index is 1.67. The van der Waals surface area contributed by atoms with E-state index in [2.05, 4.69) is 79.8 Å². The molecule has 1 heterocycles. The normalized spacial score (nSPS) is 12.3. The lowest BCUT2D eigenvalue weighted by Gasteiger charge is -2.31. The summed E-state index contributed by atoms with van der Waals surface area (Å²) < 4.78 is 7.83. The third kappa shape index (κ3) is 6.83. The van der Waals surface area contributed by atoms with Gasteiger partial charge in [0.1, 0.15) is 6.61 Å². The lowest BCUT2D eigenvalue weighted by molar-refractivity contribution is -0.147. The van der Waals surface area contributed by atoms with Crippen LogP contribution in [0.5, 0.6) is 0 Å². The molecule has 0 radical (unpaired) electrons. The van der Waals surface area contributed by atoms with E-state index in [1.807, 2.05) is 30.3 Å². The molecule has 1 aromatic heterocycles. The molecule has 0 spiro atoms. The summed E-state index contributed by atoms with van der Waals surface area (Å²) in [6.07, 6.45) is 2.11. The van der Waals surface area contributed by atoms with Crippen molar-refractivity contribution in [2.45, 2.75) is 53.4 Å². The third-order valence-electron chi connectivity index (χ3n) is 5.84. The molecule has 0 bridgehead atoms. The van der Waals surface area contributed by atoms with Gasteiger partial charge in [0.05, 0.1) is 6.54 Å². The fraction of sp³-hybridized carbons (Fsp3) is 0.370. The minimum Gasteiger partial charge on any atom is -0.460 e. The molecular formula is C27H34N2O2. The molecule has 3 rings (SSSR count). The van der Waals surface area contributed by atoms with Crippen LogP contribution in [0.3, 0.4) is 0 Å². The number of esters is 1. The van der Waals surface area contributed by atoms with E-state index >= 15 is 0 Å². The van der Waals surface area contributed by atoms with Crippen LogP contribution in [-0.4, -0.2) is 28.0 Å². The van der Waals surface area contributed by atoms with Gasteiger partial charge in [-0.3, -0.25) is 9.69 Å². The topological polar surface area (TPSA) is 34.5 Å². The predicted octanol–water partition coefficient (Wildman–Crippen LogP) is 5.43. The maximum atomic E-state index is 12.6. The summed E-state index contributed by atoms with van der Waals surface area (Å²) >= 11 is 0. The van der Waals surface area contributed by atoms with Crippen molar-refractivity contribution in [1.82, 2.24) is 9.47 Å². The molecule has 4 heteroatoms. The molecule has 0 N–H and O–H groups in total. The third-order valence-corrected chi connectivity index (χ3v) is 5.84. The smallest absolute Gasteiger partial charge is 0.320 e. The average molecular weight is 419 g/mol. The molecule has 0 aliphatic rings. The lowest BCUT2D eigenvalue weighted by Crippen LogP contribution is -2.40. The van der Waals surface area contributed by atoms with Crippen molar-refractivity contribution in [3.8, 4) is 0 Å². The second kappa shape index (κ2) is 11.0. The van der Waals surface area contributed by atoms with Gasteiger partial charge in [-0.25, -0.2) is 0 Å². The van der Waals surface area contributed by atoms with Crippen molar-refractivity contribution >= 4 is 5.97 Å². The first-order chi connectivity index (χ1) is 14.9. The number of benzene rings is 2. The fourth-order valence-electron chi connectivity index (χ4n) is 3.68. The summed E-state index contributed by atoms with van der Waals surface area (Å²) in [4.78, 5) is 14.8. The van der Waals surface area contributed by atoms with E-state index in [0.717, 1.165) is 12.1 Å². The van der Waals surface area contributed by atoms with Crippen molar-refractivity contribution in [2.75, 3.05) is 6.54 Å². The Morgan fingerprint density at radius 3 is 2.42 bits per heavy atom. The average Bonchev–Trinajstić information content (AvgIpc) is 3.18. The zero-order valence-electron chi connectivity index (χ0n) is 19.1. The number of aryl methyl sites for hydroxylation is 1. The minimum atomic E-state index is -0.187. The maximum absolute atomic E-state index is 12.6. The molecule has 4 nitrogen and oxygen atoms in total. The van der Waals surface area contributed by atoms with E-state index < -0.39 is 0 Å². The molecule has 2 aromatic carbocycles. The van der Waals surface area contributed by atoms with E-state index in [0.29, 0.717) is 19.1 Å². The summed E-state index contributed by atoms with van der Waals surface area (Å²) in [5, 5.41) is 0. The van der Waals surface area contributed by atoms with Gasteiger partial charge in [-0.15, -0.1) is 0 Å². The minimum absolute atomic E-state index is 0.187. The van der Waals surface area contributed by atoms with Crippen LogP contribution < -0.4 is 0 Å². The number of ether oxygens (including phenoxy) is 1. The van der Waals surface area contributed by atoms with Crippen molar-refractivity contribution in [1.29, 1.82) is 0 Å². The molecule has 0 fully saturated rings. The first kappa shape index (κ1) is 22.8. The largest absolute Gasteiger partial charge is 0.460 e. The summed E-state index contributed by atoms with van der Waals surface area (Å²) in [5.41, 5.74) is 4.75. The number of carbonyl (C=O) groups excluding carboxylic acids is 1. The van der Waals surface area contributed by atoms with Crippen LogP contribution in [0.2, 0.25) is 0 Å². The SMILES string of the molecule is Cc1cccc(Cn2cccc2CN(CC(=O)OCc2ccccc2)C(C)C(C)C)c1. The van der Waals surface area contributed by atoms with Gasteiger partial charge in [0.2, 0.25) is 0 Å². The van der Waals surface area contributed by atoms with Gasteiger partial charge in [0.25, 0.3) is 0 Å². The van der Waals surface area contributed by atoms with Crippen molar-refractivity contribution in [3.05, 3.63) is 95.3 Å². The molecule has 0 saturated heterocycles. The van der Waals surface area contributed by atoms with Crippen LogP contribution in [-0.2, 0) is 29.2 Å². The molecule has 1 unspecified atom stereocenters. The number of aromatic nitrogens is 1. The monoisotopic (exact) mass is 418 g/mol. The fourth-order valence-corrected chi connectivity index (χ4v) is 3.68. The molecule has 0 saturated carbocycles. The number of rotatable bonds is 10. The summed E-state index contributed by atoms with van der Waals surface area (Å²) in [6.45, 7) is 10.8. The van der Waals surface area contributed by atoms with Crippen LogP contribution in [0, 0.1) is 12.8 Å². The molecule has 0 aliphatic carbocycles. The second-order valence-electron chi connectivity index (χ2n) is 8.65. The highest BCUT2D eigenvalue weighted by Gasteiger charge is 2.22. The molecular weight excluding hydrogens is 384 g/mol. The summed E-state index contributed by atoms with van der Waals surface area (Å²) in [7, 11) is 0. The summed E-state index contributed by atoms with van der Waals surface area (Å²) in [5.74, 6) is 0.246. The molecule has 0 amide bonds. The molecule has 3 aromatic rings.